The zero-order chi connectivity index (χ0) is 19.4. The third-order valence-electron chi connectivity index (χ3n) is 4.03. The van der Waals surface area contributed by atoms with E-state index in [0.29, 0.717) is 17.1 Å². The number of nitrogens with zero attached hydrogens (tertiary/aromatic N) is 2. The monoisotopic (exact) mass is 374 g/mol. The largest absolute Gasteiger partial charge is 0.354 e. The zero-order valence-corrected chi connectivity index (χ0v) is 17.0. The molecule has 1 aromatic heterocycles. The quantitative estimate of drug-likeness (QED) is 0.815. The lowest BCUT2D eigenvalue weighted by Crippen LogP contribution is -2.30. The van der Waals surface area contributed by atoms with Crippen molar-refractivity contribution in [3.63, 3.8) is 0 Å². The molecule has 0 saturated heterocycles. The Labute approximate surface area is 158 Å². The Hall–Kier alpha value is -2.25. The zero-order valence-electron chi connectivity index (χ0n) is 16.2. The van der Waals surface area contributed by atoms with Gasteiger partial charge in [-0.2, -0.15) is 0 Å². The second kappa shape index (κ2) is 8.42. The number of carbonyl (C=O) groups is 2. The molecule has 7 heteroatoms. The summed E-state index contributed by atoms with van der Waals surface area (Å²) in [5, 5.41) is 6.44. The van der Waals surface area contributed by atoms with Crippen LogP contribution in [0.4, 0.5) is 5.69 Å². The predicted octanol–water partition coefficient (Wildman–Crippen LogP) is 2.81. The molecule has 0 aliphatic carbocycles. The lowest BCUT2D eigenvalue weighted by molar-refractivity contribution is -0.117. The van der Waals surface area contributed by atoms with Crippen LogP contribution in [0.15, 0.2) is 12.1 Å². The van der Waals surface area contributed by atoms with E-state index in [1.807, 2.05) is 39.6 Å². The van der Waals surface area contributed by atoms with Gasteiger partial charge in [-0.25, -0.2) is 4.98 Å². The number of aryl methyl sites for hydroxylation is 4. The number of rotatable bonds is 6. The first-order valence-electron chi connectivity index (χ1n) is 8.46. The smallest absolute Gasteiger partial charge is 0.263 e. The molecule has 2 amide bonds. The molecule has 2 rings (SSSR count). The van der Waals surface area contributed by atoms with E-state index in [1.165, 1.54) is 16.9 Å². The van der Waals surface area contributed by atoms with Crippen LogP contribution in [-0.2, 0) is 11.3 Å². The molecule has 2 N–H and O–H groups in total. The lowest BCUT2D eigenvalue weighted by atomic mass is 10.1. The van der Waals surface area contributed by atoms with Crippen molar-refractivity contribution in [2.45, 2.75) is 34.2 Å². The number of amides is 2. The third kappa shape index (κ3) is 4.89. The van der Waals surface area contributed by atoms with Gasteiger partial charge in [0.2, 0.25) is 5.91 Å². The summed E-state index contributed by atoms with van der Waals surface area (Å²) in [5.41, 5.74) is 4.89. The number of benzene rings is 1. The molecule has 140 valence electrons. The van der Waals surface area contributed by atoms with Crippen LogP contribution >= 0.6 is 11.3 Å². The number of anilines is 1. The number of nitrogens with one attached hydrogen (secondary N) is 2. The SMILES string of the molecule is CNC(=O)c1sc(CN(C)CC(=O)Nc2c(C)cc(C)cc2C)nc1C. The van der Waals surface area contributed by atoms with Crippen molar-refractivity contribution < 1.29 is 9.59 Å². The Morgan fingerprint density at radius 2 is 1.77 bits per heavy atom. The van der Waals surface area contributed by atoms with Crippen molar-refractivity contribution in [1.82, 2.24) is 15.2 Å². The van der Waals surface area contributed by atoms with Gasteiger partial charge in [-0.05, 0) is 45.9 Å². The maximum atomic E-state index is 12.4. The first-order chi connectivity index (χ1) is 12.2. The van der Waals surface area contributed by atoms with Crippen LogP contribution < -0.4 is 10.6 Å². The van der Waals surface area contributed by atoms with Gasteiger partial charge in [0, 0.05) is 12.7 Å². The van der Waals surface area contributed by atoms with Crippen molar-refractivity contribution >= 4 is 28.8 Å². The summed E-state index contributed by atoms with van der Waals surface area (Å²) in [5.74, 6) is -0.195. The van der Waals surface area contributed by atoms with E-state index >= 15 is 0 Å². The molecular weight excluding hydrogens is 348 g/mol. The highest BCUT2D eigenvalue weighted by molar-refractivity contribution is 7.13. The van der Waals surface area contributed by atoms with Crippen LogP contribution in [0.1, 0.15) is 37.1 Å². The van der Waals surface area contributed by atoms with Crippen LogP contribution in [0.5, 0.6) is 0 Å². The summed E-state index contributed by atoms with van der Waals surface area (Å²) < 4.78 is 0. The third-order valence-corrected chi connectivity index (χ3v) is 5.18. The second-order valence-corrected chi connectivity index (χ2v) is 7.68. The first-order valence-corrected chi connectivity index (χ1v) is 9.27. The Morgan fingerprint density at radius 1 is 1.15 bits per heavy atom. The van der Waals surface area contributed by atoms with Gasteiger partial charge in [0.15, 0.2) is 0 Å². The summed E-state index contributed by atoms with van der Waals surface area (Å²) in [7, 11) is 3.47. The van der Waals surface area contributed by atoms with Gasteiger partial charge in [-0.3, -0.25) is 14.5 Å². The minimum Gasteiger partial charge on any atom is -0.354 e. The van der Waals surface area contributed by atoms with Crippen LogP contribution in [-0.4, -0.2) is 42.3 Å². The first kappa shape index (κ1) is 20.1. The highest BCUT2D eigenvalue weighted by Crippen LogP contribution is 2.22. The van der Waals surface area contributed by atoms with E-state index in [9.17, 15) is 9.59 Å². The van der Waals surface area contributed by atoms with E-state index in [0.717, 1.165) is 21.8 Å². The summed E-state index contributed by atoms with van der Waals surface area (Å²) in [4.78, 5) is 31.1. The van der Waals surface area contributed by atoms with Crippen molar-refractivity contribution in [2.24, 2.45) is 0 Å². The number of likely N-dealkylation sites (N-methyl/N-ethyl adjacent to an activating group) is 1. The number of carbonyl (C=O) groups excluding carboxylic acids is 2. The molecule has 0 aliphatic heterocycles. The molecule has 0 spiro atoms. The van der Waals surface area contributed by atoms with Gasteiger partial charge in [-0.1, -0.05) is 17.7 Å². The van der Waals surface area contributed by atoms with Crippen molar-refractivity contribution in [3.05, 3.63) is 44.4 Å². The van der Waals surface area contributed by atoms with Gasteiger partial charge >= 0.3 is 0 Å². The van der Waals surface area contributed by atoms with Crippen molar-refractivity contribution in [1.29, 1.82) is 0 Å². The van der Waals surface area contributed by atoms with E-state index in [-0.39, 0.29) is 18.4 Å². The van der Waals surface area contributed by atoms with E-state index < -0.39 is 0 Å². The standard InChI is InChI=1S/C19H26N4O2S/c1-11-7-12(2)17(13(3)8-11)22-15(24)9-23(6)10-16-21-14(4)18(26-16)19(25)20-5/h7-8H,9-10H2,1-6H3,(H,20,25)(H,22,24). The molecule has 0 unspecified atom stereocenters. The number of hydrogen-bond donors (Lipinski definition) is 2. The van der Waals surface area contributed by atoms with E-state index in [4.69, 9.17) is 0 Å². The van der Waals surface area contributed by atoms with Crippen LogP contribution in [0.25, 0.3) is 0 Å². The molecular formula is C19H26N4O2S. The minimum absolute atomic E-state index is 0.0673. The number of thiazole rings is 1. The van der Waals surface area contributed by atoms with Gasteiger partial charge in [-0.15, -0.1) is 11.3 Å². The average Bonchev–Trinajstić information content (AvgIpc) is 2.90. The highest BCUT2D eigenvalue weighted by atomic mass is 32.1. The highest BCUT2D eigenvalue weighted by Gasteiger charge is 2.16. The van der Waals surface area contributed by atoms with Crippen molar-refractivity contribution in [3.8, 4) is 0 Å². The molecule has 0 fully saturated rings. The Kier molecular flexibility index (Phi) is 6.50. The lowest BCUT2D eigenvalue weighted by Gasteiger charge is -2.17. The van der Waals surface area contributed by atoms with Gasteiger partial charge in [0.1, 0.15) is 9.88 Å². The topological polar surface area (TPSA) is 74.3 Å². The fourth-order valence-electron chi connectivity index (χ4n) is 2.93. The molecule has 26 heavy (non-hydrogen) atoms. The maximum absolute atomic E-state index is 12.4. The Balaban J connectivity index is 1.99. The fraction of sp³-hybridized carbons (Fsp3) is 0.421. The molecule has 6 nitrogen and oxygen atoms in total. The van der Waals surface area contributed by atoms with Crippen LogP contribution in [0.2, 0.25) is 0 Å². The molecule has 0 aliphatic rings. The molecule has 0 bridgehead atoms. The second-order valence-electron chi connectivity index (χ2n) is 6.60. The molecule has 0 saturated carbocycles. The van der Waals surface area contributed by atoms with Gasteiger partial charge in [0.05, 0.1) is 18.8 Å². The summed E-state index contributed by atoms with van der Waals surface area (Å²) >= 11 is 1.36. The maximum Gasteiger partial charge on any atom is 0.263 e. The van der Waals surface area contributed by atoms with E-state index in [1.54, 1.807) is 7.05 Å². The molecule has 2 aromatic rings. The summed E-state index contributed by atoms with van der Waals surface area (Å²) in [6.07, 6.45) is 0. The summed E-state index contributed by atoms with van der Waals surface area (Å²) in [6, 6.07) is 4.12. The normalized spacial score (nSPS) is 10.9. The van der Waals surface area contributed by atoms with Crippen LogP contribution in [0.3, 0.4) is 0 Å². The van der Waals surface area contributed by atoms with Crippen molar-refractivity contribution in [2.75, 3.05) is 26.0 Å². The minimum atomic E-state index is -0.128. The molecule has 1 aromatic carbocycles. The number of hydrogen-bond acceptors (Lipinski definition) is 5. The van der Waals surface area contributed by atoms with E-state index in [2.05, 4.69) is 27.8 Å². The van der Waals surface area contributed by atoms with Crippen LogP contribution in [0, 0.1) is 27.7 Å². The predicted molar refractivity (Wildman–Crippen MR) is 106 cm³/mol. The van der Waals surface area contributed by atoms with Gasteiger partial charge in [0.25, 0.3) is 5.91 Å². The Morgan fingerprint density at radius 3 is 2.35 bits per heavy atom. The molecule has 0 radical (unpaired) electrons. The molecule has 1 heterocycles. The molecule has 0 atom stereocenters. The summed E-state index contributed by atoms with van der Waals surface area (Å²) in [6.45, 7) is 8.63. The number of aromatic nitrogens is 1. The Bertz CT molecular complexity index is 806. The fourth-order valence-corrected chi connectivity index (χ4v) is 4.02. The average molecular weight is 375 g/mol. The van der Waals surface area contributed by atoms with Gasteiger partial charge < -0.3 is 10.6 Å².